The van der Waals surface area contributed by atoms with E-state index in [1.807, 2.05) is 42.6 Å². The number of pyridine rings is 1. The van der Waals surface area contributed by atoms with Crippen molar-refractivity contribution in [2.45, 2.75) is 25.9 Å². The second kappa shape index (κ2) is 8.28. The van der Waals surface area contributed by atoms with E-state index < -0.39 is 5.97 Å². The number of nitrogens with one attached hydrogen (secondary N) is 1. The van der Waals surface area contributed by atoms with Crippen LogP contribution in [0.4, 0.5) is 0 Å². The summed E-state index contributed by atoms with van der Waals surface area (Å²) in [4.78, 5) is 18.0. The molecule has 30 heavy (non-hydrogen) atoms. The number of thiocarbonyl (C=S) groups is 1. The number of carbonyl (C=O) groups is 1. The number of carboxylic acids is 1. The first-order valence-corrected chi connectivity index (χ1v) is 10.4. The van der Waals surface area contributed by atoms with Crippen molar-refractivity contribution in [3.05, 3.63) is 83.9 Å². The molecule has 7 heteroatoms. The van der Waals surface area contributed by atoms with Gasteiger partial charge < -0.3 is 19.9 Å². The van der Waals surface area contributed by atoms with Gasteiger partial charge in [0.2, 0.25) is 0 Å². The molecule has 0 radical (unpaired) electrons. The summed E-state index contributed by atoms with van der Waals surface area (Å²) < 4.78 is 2.09. The van der Waals surface area contributed by atoms with Crippen LogP contribution in [0.5, 0.6) is 0 Å². The lowest BCUT2D eigenvalue weighted by Crippen LogP contribution is -2.33. The van der Waals surface area contributed by atoms with E-state index in [4.69, 9.17) is 12.2 Å². The summed E-state index contributed by atoms with van der Waals surface area (Å²) in [5.74, 6) is -0.494. The highest BCUT2D eigenvalue weighted by atomic mass is 32.1. The minimum absolute atomic E-state index is 0.0380. The van der Waals surface area contributed by atoms with E-state index in [9.17, 15) is 9.90 Å². The highest BCUT2D eigenvalue weighted by molar-refractivity contribution is 7.80. The molecule has 4 rings (SSSR count). The number of benzene rings is 1. The molecule has 1 aromatic carbocycles. The summed E-state index contributed by atoms with van der Waals surface area (Å²) in [5.41, 5.74) is 3.18. The molecule has 154 valence electrons. The van der Waals surface area contributed by atoms with Crippen LogP contribution in [0.1, 0.15) is 47.7 Å². The Bertz CT molecular complexity index is 1050. The molecule has 3 aromatic rings. The van der Waals surface area contributed by atoms with Gasteiger partial charge in [-0.25, -0.2) is 4.79 Å². The van der Waals surface area contributed by atoms with Gasteiger partial charge in [-0.1, -0.05) is 19.9 Å². The third-order valence-electron chi connectivity index (χ3n) is 5.24. The van der Waals surface area contributed by atoms with Gasteiger partial charge in [0.05, 0.1) is 23.3 Å². The van der Waals surface area contributed by atoms with Crippen LogP contribution in [-0.2, 0) is 0 Å². The molecule has 2 atom stereocenters. The zero-order chi connectivity index (χ0) is 21.3. The van der Waals surface area contributed by atoms with Crippen LogP contribution in [0.25, 0.3) is 5.69 Å². The predicted octanol–water partition coefficient (Wildman–Crippen LogP) is 4.20. The molecule has 0 saturated carbocycles. The minimum Gasteiger partial charge on any atom is -0.478 e. The van der Waals surface area contributed by atoms with E-state index in [0.29, 0.717) is 5.92 Å². The van der Waals surface area contributed by atoms with Crippen molar-refractivity contribution in [1.82, 2.24) is 19.8 Å². The van der Waals surface area contributed by atoms with E-state index in [1.165, 1.54) is 0 Å². The maximum Gasteiger partial charge on any atom is 0.335 e. The zero-order valence-corrected chi connectivity index (χ0v) is 17.7. The van der Waals surface area contributed by atoms with Gasteiger partial charge in [0, 0.05) is 30.3 Å². The van der Waals surface area contributed by atoms with Gasteiger partial charge in [0.15, 0.2) is 5.11 Å². The Morgan fingerprint density at radius 2 is 1.93 bits per heavy atom. The topological polar surface area (TPSA) is 70.4 Å². The minimum atomic E-state index is -0.932. The summed E-state index contributed by atoms with van der Waals surface area (Å²) in [7, 11) is 0. The van der Waals surface area contributed by atoms with Crippen molar-refractivity contribution >= 4 is 23.3 Å². The zero-order valence-electron chi connectivity index (χ0n) is 16.9. The molecular weight excluding hydrogens is 396 g/mol. The number of aromatic nitrogens is 2. The highest BCUT2D eigenvalue weighted by Crippen LogP contribution is 2.39. The first kappa shape index (κ1) is 20.1. The highest BCUT2D eigenvalue weighted by Gasteiger charge is 2.41. The maximum atomic E-state index is 11.2. The fraction of sp³-hybridized carbons (Fsp3) is 0.261. The second-order valence-corrected chi connectivity index (χ2v) is 8.21. The smallest absolute Gasteiger partial charge is 0.335 e. The van der Waals surface area contributed by atoms with Crippen molar-refractivity contribution in [3.63, 3.8) is 0 Å². The van der Waals surface area contributed by atoms with Crippen LogP contribution in [0, 0.1) is 5.92 Å². The van der Waals surface area contributed by atoms with Crippen LogP contribution in [0.3, 0.4) is 0 Å². The van der Waals surface area contributed by atoms with Crippen LogP contribution >= 0.6 is 12.2 Å². The Morgan fingerprint density at radius 1 is 1.17 bits per heavy atom. The lowest BCUT2D eigenvalue weighted by Gasteiger charge is -2.30. The monoisotopic (exact) mass is 420 g/mol. The number of nitrogens with zero attached hydrogens (tertiary/aromatic N) is 3. The Balaban J connectivity index is 1.78. The SMILES string of the molecule is CC(C)CN1C(=S)N[C@@H](c2ccccn2)[C@@H]1c1cccn1-c1ccc(C(=O)O)cc1. The molecule has 1 aliphatic heterocycles. The molecule has 0 amide bonds. The number of hydrogen-bond acceptors (Lipinski definition) is 3. The molecule has 6 nitrogen and oxygen atoms in total. The quantitative estimate of drug-likeness (QED) is 0.583. The molecule has 0 aliphatic carbocycles. The van der Waals surface area contributed by atoms with Gasteiger partial charge in [0.1, 0.15) is 0 Å². The summed E-state index contributed by atoms with van der Waals surface area (Å²) in [6.45, 7) is 5.18. The maximum absolute atomic E-state index is 11.2. The largest absolute Gasteiger partial charge is 0.478 e. The molecule has 1 aliphatic rings. The fourth-order valence-corrected chi connectivity index (χ4v) is 4.27. The Morgan fingerprint density at radius 3 is 2.57 bits per heavy atom. The van der Waals surface area contributed by atoms with Crippen molar-refractivity contribution < 1.29 is 9.90 Å². The van der Waals surface area contributed by atoms with Crippen LogP contribution in [0.15, 0.2) is 67.0 Å². The van der Waals surface area contributed by atoms with Gasteiger partial charge in [-0.3, -0.25) is 4.98 Å². The van der Waals surface area contributed by atoms with Gasteiger partial charge >= 0.3 is 5.97 Å². The lowest BCUT2D eigenvalue weighted by molar-refractivity contribution is 0.0697. The molecule has 1 saturated heterocycles. The van der Waals surface area contributed by atoms with E-state index in [1.54, 1.807) is 18.3 Å². The second-order valence-electron chi connectivity index (χ2n) is 7.83. The number of carboxylic acid groups (broad SMARTS) is 1. The van der Waals surface area contributed by atoms with Crippen molar-refractivity contribution in [2.75, 3.05) is 6.54 Å². The number of hydrogen-bond donors (Lipinski definition) is 2. The number of aromatic carboxylic acids is 1. The normalized spacial score (nSPS) is 18.6. The predicted molar refractivity (Wildman–Crippen MR) is 120 cm³/mol. The first-order valence-electron chi connectivity index (χ1n) is 9.94. The lowest BCUT2D eigenvalue weighted by atomic mass is 10.0. The summed E-state index contributed by atoms with van der Waals surface area (Å²) >= 11 is 5.71. The van der Waals surface area contributed by atoms with Crippen LogP contribution < -0.4 is 5.32 Å². The van der Waals surface area contributed by atoms with Gasteiger partial charge in [-0.05, 0) is 66.7 Å². The molecule has 3 heterocycles. The van der Waals surface area contributed by atoms with E-state index in [-0.39, 0.29) is 17.6 Å². The van der Waals surface area contributed by atoms with Crippen molar-refractivity contribution in [3.8, 4) is 5.69 Å². The average molecular weight is 421 g/mol. The Hall–Kier alpha value is -3.19. The molecule has 0 unspecified atom stereocenters. The number of rotatable bonds is 6. The van der Waals surface area contributed by atoms with Crippen molar-refractivity contribution in [2.24, 2.45) is 5.92 Å². The molecule has 0 bridgehead atoms. The van der Waals surface area contributed by atoms with E-state index in [2.05, 4.69) is 39.7 Å². The summed E-state index contributed by atoms with van der Waals surface area (Å²) in [6.07, 6.45) is 3.79. The molecule has 0 spiro atoms. The molecule has 2 N–H and O–H groups in total. The van der Waals surface area contributed by atoms with Crippen LogP contribution in [-0.4, -0.2) is 37.2 Å². The Labute approximate surface area is 181 Å². The van der Waals surface area contributed by atoms with Crippen LogP contribution in [0.2, 0.25) is 0 Å². The van der Waals surface area contributed by atoms with Gasteiger partial charge in [-0.15, -0.1) is 0 Å². The fourth-order valence-electron chi connectivity index (χ4n) is 3.95. The molecule has 1 fully saturated rings. The third-order valence-corrected chi connectivity index (χ3v) is 5.59. The van der Waals surface area contributed by atoms with Gasteiger partial charge in [-0.2, -0.15) is 0 Å². The molecule has 2 aromatic heterocycles. The Kier molecular flexibility index (Phi) is 5.55. The van der Waals surface area contributed by atoms with E-state index in [0.717, 1.165) is 28.7 Å². The third kappa shape index (κ3) is 3.80. The standard InChI is InChI=1S/C23H24N4O2S/c1-15(2)14-27-21(20(25-23(27)30)18-6-3-4-12-24-18)19-7-5-13-26(19)17-10-8-16(9-11-17)22(28)29/h3-13,15,20-21H,14H2,1-2H3,(H,25,30)(H,28,29)/t20-,21-/m0/s1. The molecular formula is C23H24N4O2S. The summed E-state index contributed by atoms with van der Waals surface area (Å²) in [5, 5.41) is 13.4. The first-order chi connectivity index (χ1) is 14.5. The van der Waals surface area contributed by atoms with E-state index >= 15 is 0 Å². The summed E-state index contributed by atoms with van der Waals surface area (Å²) in [6, 6.07) is 16.8. The van der Waals surface area contributed by atoms with Gasteiger partial charge in [0.25, 0.3) is 0 Å². The van der Waals surface area contributed by atoms with Crippen molar-refractivity contribution in [1.29, 1.82) is 0 Å². The average Bonchev–Trinajstić information content (AvgIpc) is 3.33.